The van der Waals surface area contributed by atoms with Gasteiger partial charge in [0, 0.05) is 0 Å². The molecule has 0 amide bonds. The van der Waals surface area contributed by atoms with E-state index >= 15 is 0 Å². The van der Waals surface area contributed by atoms with Crippen LogP contribution in [-0.2, 0) is 0 Å². The molecule has 5 heteroatoms. The third-order valence-electron chi connectivity index (χ3n) is 0.867. The average molecular weight is 308 g/mol. The molecule has 0 aromatic carbocycles. The van der Waals surface area contributed by atoms with E-state index < -0.39 is 0 Å². The molecule has 0 bridgehead atoms. The molecule has 0 aliphatic heterocycles. The first-order chi connectivity index (χ1) is 4.20. The standard InChI is InChI=1S/C4H7As3N2/c5-2-1-8-4(7)9-3(2)6/h1H,5-7H2. The van der Waals surface area contributed by atoms with Crippen molar-refractivity contribution >= 4 is 64.0 Å². The summed E-state index contributed by atoms with van der Waals surface area (Å²) >= 11 is 4.67. The van der Waals surface area contributed by atoms with Crippen LogP contribution in [0.1, 0.15) is 0 Å². The van der Waals surface area contributed by atoms with E-state index in [9.17, 15) is 0 Å². The number of nitrogens with zero attached hydrogens (tertiary/aromatic N) is 2. The summed E-state index contributed by atoms with van der Waals surface area (Å²) in [6.45, 7) is 0. The Bertz CT molecular complexity index is 225. The number of hydrogen-bond donors (Lipinski definition) is 0. The van der Waals surface area contributed by atoms with Gasteiger partial charge in [0.25, 0.3) is 0 Å². The van der Waals surface area contributed by atoms with Gasteiger partial charge in [0.05, 0.1) is 0 Å². The van der Waals surface area contributed by atoms with Gasteiger partial charge in [-0.15, -0.1) is 0 Å². The second-order valence-corrected chi connectivity index (χ2v) is 5.10. The van der Waals surface area contributed by atoms with Gasteiger partial charge in [-0.2, -0.15) is 0 Å². The van der Waals surface area contributed by atoms with Crippen LogP contribution in [0.15, 0.2) is 6.20 Å². The zero-order valence-corrected chi connectivity index (χ0v) is 12.0. The predicted molar refractivity (Wildman–Crippen MR) is 46.6 cm³/mol. The van der Waals surface area contributed by atoms with Gasteiger partial charge in [0.1, 0.15) is 0 Å². The Morgan fingerprint density at radius 2 is 1.89 bits per heavy atom. The van der Waals surface area contributed by atoms with Crippen molar-refractivity contribution in [3.63, 3.8) is 0 Å². The fourth-order valence-corrected chi connectivity index (χ4v) is 2.25. The fraction of sp³-hybridized carbons (Fsp3) is 0. The van der Waals surface area contributed by atoms with Crippen LogP contribution in [-0.4, -0.2) is 60.5 Å². The van der Waals surface area contributed by atoms with E-state index in [1.54, 1.807) is 33.7 Å². The van der Waals surface area contributed by atoms with Crippen LogP contribution < -0.4 is 13.4 Å². The van der Waals surface area contributed by atoms with Crippen molar-refractivity contribution in [3.05, 3.63) is 6.20 Å². The van der Waals surface area contributed by atoms with Crippen LogP contribution in [0.4, 0.5) is 0 Å². The molecule has 0 aliphatic carbocycles. The van der Waals surface area contributed by atoms with Crippen LogP contribution in [0.3, 0.4) is 0 Å². The normalized spacial score (nSPS) is 9.67. The molecule has 3 unspecified atom stereocenters. The van der Waals surface area contributed by atoms with Gasteiger partial charge in [-0.1, -0.05) is 0 Å². The molecule has 3 atom stereocenters. The first-order valence-electron chi connectivity index (χ1n) is 2.33. The molecule has 2 nitrogen and oxygen atoms in total. The molecule has 0 fully saturated rings. The third kappa shape index (κ3) is 2.11. The van der Waals surface area contributed by atoms with Crippen LogP contribution in [0.25, 0.3) is 0 Å². The molecule has 1 aromatic rings. The summed E-state index contributed by atoms with van der Waals surface area (Å²) in [6, 6.07) is 0. The predicted octanol–water partition coefficient (Wildman–Crippen LogP) is -4.75. The van der Waals surface area contributed by atoms with E-state index in [0.29, 0.717) is 0 Å². The number of rotatable bonds is 0. The van der Waals surface area contributed by atoms with Crippen LogP contribution in [0.2, 0.25) is 0 Å². The second-order valence-electron chi connectivity index (χ2n) is 1.57. The van der Waals surface area contributed by atoms with E-state index in [-0.39, 0.29) is 0 Å². The van der Waals surface area contributed by atoms with Crippen molar-refractivity contribution in [1.82, 2.24) is 9.97 Å². The molecule has 0 saturated heterocycles. The SMILES string of the molecule is [AsH2]c1ncc([AsH2])c([AsH2])n1. The molecular formula is C4H7As3N2. The number of aromatic nitrogens is 2. The van der Waals surface area contributed by atoms with Crippen molar-refractivity contribution < 1.29 is 0 Å². The third-order valence-corrected chi connectivity index (χ3v) is 4.82. The quantitative estimate of drug-likeness (QED) is 0.450. The van der Waals surface area contributed by atoms with Gasteiger partial charge in [0.15, 0.2) is 0 Å². The maximum absolute atomic E-state index is 4.23. The Hall–Kier alpha value is 0.755. The van der Waals surface area contributed by atoms with Crippen LogP contribution in [0, 0.1) is 0 Å². The van der Waals surface area contributed by atoms with Crippen molar-refractivity contribution in [2.24, 2.45) is 0 Å². The minimum absolute atomic E-state index is 0.934. The maximum atomic E-state index is 4.23. The topological polar surface area (TPSA) is 25.8 Å². The molecule has 1 aromatic heterocycles. The first-order valence-corrected chi connectivity index (χ1v) is 5.97. The van der Waals surface area contributed by atoms with Crippen molar-refractivity contribution in [2.75, 3.05) is 0 Å². The summed E-state index contributed by atoms with van der Waals surface area (Å²) in [4.78, 5) is 8.32. The van der Waals surface area contributed by atoms with E-state index in [4.69, 9.17) is 0 Å². The molecule has 0 aliphatic rings. The summed E-state index contributed by atoms with van der Waals surface area (Å²) in [5, 5.41) is 0. The molecule has 0 spiro atoms. The molecule has 0 N–H and O–H groups in total. The van der Waals surface area contributed by atoms with Crippen LogP contribution in [0.5, 0.6) is 0 Å². The molecule has 1 rings (SSSR count). The monoisotopic (exact) mass is 308 g/mol. The van der Waals surface area contributed by atoms with Gasteiger partial charge in [-0.25, -0.2) is 0 Å². The van der Waals surface area contributed by atoms with E-state index in [1.165, 1.54) is 25.7 Å². The van der Waals surface area contributed by atoms with E-state index in [2.05, 4.69) is 9.97 Å². The van der Waals surface area contributed by atoms with Crippen molar-refractivity contribution in [1.29, 1.82) is 0 Å². The van der Waals surface area contributed by atoms with Gasteiger partial charge in [0.2, 0.25) is 0 Å². The van der Waals surface area contributed by atoms with Crippen molar-refractivity contribution in [2.45, 2.75) is 0 Å². The Kier molecular flexibility index (Phi) is 2.83. The second kappa shape index (κ2) is 3.24. The zero-order valence-electron chi connectivity index (χ0n) is 4.70. The van der Waals surface area contributed by atoms with Gasteiger partial charge in [-0.05, 0) is 0 Å². The summed E-state index contributed by atoms with van der Waals surface area (Å²) in [7, 11) is 0. The molecular weight excluding hydrogens is 301 g/mol. The average Bonchev–Trinajstić information content (AvgIpc) is 1.80. The molecule has 0 radical (unpaired) electrons. The van der Waals surface area contributed by atoms with Gasteiger partial charge < -0.3 is 0 Å². The Morgan fingerprint density at radius 3 is 2.33 bits per heavy atom. The summed E-state index contributed by atoms with van der Waals surface area (Å²) in [5.74, 6) is 0. The molecule has 48 valence electrons. The van der Waals surface area contributed by atoms with Gasteiger partial charge in [-0.3, -0.25) is 0 Å². The summed E-state index contributed by atoms with van der Waals surface area (Å²) in [5.41, 5.74) is 0. The van der Waals surface area contributed by atoms with E-state index in [0.717, 1.165) is 4.61 Å². The molecule has 9 heavy (non-hydrogen) atoms. The molecule has 1 heterocycles. The van der Waals surface area contributed by atoms with Crippen LogP contribution >= 0.6 is 0 Å². The van der Waals surface area contributed by atoms with Gasteiger partial charge >= 0.3 is 80.2 Å². The summed E-state index contributed by atoms with van der Waals surface area (Å²) < 4.78 is 3.36. The number of hydrogen-bond acceptors (Lipinski definition) is 2. The Labute approximate surface area is 79.7 Å². The Balaban J connectivity index is 3.17. The fourth-order valence-electron chi connectivity index (χ4n) is 0.419. The van der Waals surface area contributed by atoms with E-state index in [1.807, 2.05) is 6.20 Å². The van der Waals surface area contributed by atoms with Crippen molar-refractivity contribution in [3.8, 4) is 0 Å². The molecule has 0 saturated carbocycles. The summed E-state index contributed by atoms with van der Waals surface area (Å²) in [6.07, 6.45) is 1.90. The Morgan fingerprint density at radius 1 is 1.22 bits per heavy atom. The minimum atomic E-state index is 0.934. The first kappa shape index (κ1) is 7.86. The zero-order chi connectivity index (χ0) is 6.85.